The first kappa shape index (κ1) is 14.2. The Morgan fingerprint density at radius 3 is 2.61 bits per heavy atom. The number of carbonyl (C=O) groups is 2. The van der Waals surface area contributed by atoms with Crippen molar-refractivity contribution in [2.75, 3.05) is 6.61 Å². The van der Waals surface area contributed by atoms with Crippen LogP contribution >= 0.6 is 0 Å². The highest BCUT2D eigenvalue weighted by Crippen LogP contribution is 2.39. The number of Topliss-reactive ketones (excluding diaryl/α,β-unsaturated/α-hetero) is 1. The van der Waals surface area contributed by atoms with Crippen LogP contribution in [-0.4, -0.2) is 18.4 Å². The minimum atomic E-state index is -0.239. The van der Waals surface area contributed by atoms with E-state index in [9.17, 15) is 9.59 Å². The van der Waals surface area contributed by atoms with Crippen LogP contribution in [-0.2, 0) is 16.0 Å². The maximum atomic E-state index is 12.3. The van der Waals surface area contributed by atoms with Crippen LogP contribution in [0.5, 0.6) is 0 Å². The lowest BCUT2D eigenvalue weighted by atomic mass is 10.0. The van der Waals surface area contributed by atoms with Crippen LogP contribution in [0.25, 0.3) is 11.1 Å². The first-order chi connectivity index (χ1) is 11.1. The van der Waals surface area contributed by atoms with Crippen LogP contribution in [0, 0.1) is 11.8 Å². The summed E-state index contributed by atoms with van der Waals surface area (Å²) in [6.07, 6.45) is 1.79. The first-order valence-corrected chi connectivity index (χ1v) is 8.04. The van der Waals surface area contributed by atoms with E-state index in [1.807, 2.05) is 37.3 Å². The highest BCUT2D eigenvalue weighted by molar-refractivity contribution is 5.99. The third-order valence-corrected chi connectivity index (χ3v) is 4.88. The molecule has 2 unspecified atom stereocenters. The average Bonchev–Trinajstić information content (AvgIpc) is 3.18. The summed E-state index contributed by atoms with van der Waals surface area (Å²) in [5.74, 6) is 0.0139. The fraction of sp³-hybridized carbons (Fsp3) is 0.300. The molecule has 0 aromatic heterocycles. The van der Waals surface area contributed by atoms with Gasteiger partial charge in [-0.05, 0) is 47.1 Å². The van der Waals surface area contributed by atoms with Gasteiger partial charge in [-0.15, -0.1) is 0 Å². The van der Waals surface area contributed by atoms with Gasteiger partial charge in [0.15, 0.2) is 12.4 Å². The smallest absolute Gasteiger partial charge is 0.309 e. The van der Waals surface area contributed by atoms with Gasteiger partial charge in [-0.3, -0.25) is 9.59 Å². The van der Waals surface area contributed by atoms with Gasteiger partial charge < -0.3 is 4.74 Å². The number of fused-ring (bicyclic) bond motifs is 3. The second-order valence-electron chi connectivity index (χ2n) is 6.56. The second kappa shape index (κ2) is 5.34. The van der Waals surface area contributed by atoms with Crippen LogP contribution in [0.2, 0.25) is 0 Å². The van der Waals surface area contributed by atoms with Crippen LogP contribution in [0.4, 0.5) is 0 Å². The highest BCUT2D eigenvalue weighted by Gasteiger charge is 2.40. The molecule has 2 aliphatic rings. The van der Waals surface area contributed by atoms with Gasteiger partial charge in [-0.25, -0.2) is 0 Å². The van der Waals surface area contributed by atoms with Gasteiger partial charge in [0.05, 0.1) is 5.92 Å². The Hall–Kier alpha value is -2.42. The molecule has 0 heterocycles. The molecule has 1 saturated carbocycles. The van der Waals surface area contributed by atoms with Crippen molar-refractivity contribution in [2.45, 2.75) is 19.8 Å². The molecule has 116 valence electrons. The minimum Gasteiger partial charge on any atom is -0.457 e. The molecule has 0 amide bonds. The Labute approximate surface area is 135 Å². The molecular formula is C20H18O3. The standard InChI is InChI=1S/C20H18O3/c1-12-8-17(12)20(22)23-11-19(21)15-7-6-14-9-13-4-2-3-5-16(13)18(14)10-15/h2-7,10,12,17H,8-9,11H2,1H3. The summed E-state index contributed by atoms with van der Waals surface area (Å²) >= 11 is 0. The zero-order valence-corrected chi connectivity index (χ0v) is 13.0. The first-order valence-electron chi connectivity index (χ1n) is 8.04. The van der Waals surface area contributed by atoms with E-state index in [1.165, 1.54) is 16.7 Å². The largest absolute Gasteiger partial charge is 0.457 e. The third-order valence-electron chi connectivity index (χ3n) is 4.88. The Kier molecular flexibility index (Phi) is 3.29. The Bertz CT molecular complexity index is 806. The van der Waals surface area contributed by atoms with Crippen molar-refractivity contribution >= 4 is 11.8 Å². The molecule has 0 N–H and O–H groups in total. The molecule has 0 radical (unpaired) electrons. The molecule has 0 saturated heterocycles. The molecule has 0 bridgehead atoms. The number of rotatable bonds is 4. The Balaban J connectivity index is 1.50. The zero-order valence-electron chi connectivity index (χ0n) is 13.0. The van der Waals surface area contributed by atoms with Gasteiger partial charge in [0, 0.05) is 5.56 Å². The van der Waals surface area contributed by atoms with E-state index in [4.69, 9.17) is 4.74 Å². The fourth-order valence-corrected chi connectivity index (χ4v) is 3.27. The lowest BCUT2D eigenvalue weighted by Gasteiger charge is -2.06. The van der Waals surface area contributed by atoms with Gasteiger partial charge in [0.2, 0.25) is 0 Å². The predicted octanol–water partition coefficient (Wildman–Crippen LogP) is 3.64. The van der Waals surface area contributed by atoms with Crippen molar-refractivity contribution in [3.8, 4) is 11.1 Å². The molecule has 23 heavy (non-hydrogen) atoms. The molecule has 3 heteroatoms. The van der Waals surface area contributed by atoms with Gasteiger partial charge in [0.1, 0.15) is 0 Å². The van der Waals surface area contributed by atoms with Crippen molar-refractivity contribution in [3.05, 3.63) is 59.2 Å². The predicted molar refractivity (Wildman–Crippen MR) is 87.2 cm³/mol. The molecule has 0 spiro atoms. The van der Waals surface area contributed by atoms with Crippen molar-refractivity contribution < 1.29 is 14.3 Å². The topological polar surface area (TPSA) is 43.4 Å². The van der Waals surface area contributed by atoms with Crippen LogP contribution in [0.3, 0.4) is 0 Å². The van der Waals surface area contributed by atoms with Gasteiger partial charge in [-0.1, -0.05) is 43.3 Å². The normalized spacial score (nSPS) is 20.6. The Morgan fingerprint density at radius 2 is 1.83 bits per heavy atom. The summed E-state index contributed by atoms with van der Waals surface area (Å²) in [6, 6.07) is 14.0. The van der Waals surface area contributed by atoms with E-state index in [1.54, 1.807) is 0 Å². The lowest BCUT2D eigenvalue weighted by Crippen LogP contribution is -2.15. The van der Waals surface area contributed by atoms with E-state index < -0.39 is 0 Å². The minimum absolute atomic E-state index is 0.00491. The van der Waals surface area contributed by atoms with Crippen molar-refractivity contribution in [2.24, 2.45) is 11.8 Å². The summed E-state index contributed by atoms with van der Waals surface area (Å²) in [7, 11) is 0. The number of ether oxygens (including phenoxy) is 1. The van der Waals surface area contributed by atoms with E-state index in [0.717, 1.165) is 18.4 Å². The molecule has 2 atom stereocenters. The average molecular weight is 306 g/mol. The van der Waals surface area contributed by atoms with Crippen molar-refractivity contribution in [3.63, 3.8) is 0 Å². The summed E-state index contributed by atoms with van der Waals surface area (Å²) in [5.41, 5.74) is 5.46. The molecule has 4 rings (SSSR count). The van der Waals surface area contributed by atoms with Gasteiger partial charge in [0.25, 0.3) is 0 Å². The highest BCUT2D eigenvalue weighted by atomic mass is 16.5. The number of hydrogen-bond donors (Lipinski definition) is 0. The molecule has 2 aliphatic carbocycles. The SMILES string of the molecule is CC1CC1C(=O)OCC(=O)c1ccc2c(c1)-c1ccccc1C2. The van der Waals surface area contributed by atoms with Crippen LogP contribution < -0.4 is 0 Å². The Morgan fingerprint density at radius 1 is 1.09 bits per heavy atom. The lowest BCUT2D eigenvalue weighted by molar-refractivity contribution is -0.144. The van der Waals surface area contributed by atoms with E-state index in [-0.39, 0.29) is 24.3 Å². The van der Waals surface area contributed by atoms with Gasteiger partial charge >= 0.3 is 5.97 Å². The van der Waals surface area contributed by atoms with Crippen molar-refractivity contribution in [1.82, 2.24) is 0 Å². The van der Waals surface area contributed by atoms with E-state index >= 15 is 0 Å². The van der Waals surface area contributed by atoms with Crippen LogP contribution in [0.15, 0.2) is 42.5 Å². The summed E-state index contributed by atoms with van der Waals surface area (Å²) < 4.78 is 5.15. The molecule has 2 aromatic carbocycles. The number of hydrogen-bond acceptors (Lipinski definition) is 3. The quantitative estimate of drug-likeness (QED) is 0.546. The molecule has 0 aliphatic heterocycles. The fourth-order valence-electron chi connectivity index (χ4n) is 3.27. The van der Waals surface area contributed by atoms with Crippen molar-refractivity contribution in [1.29, 1.82) is 0 Å². The van der Waals surface area contributed by atoms with Gasteiger partial charge in [-0.2, -0.15) is 0 Å². The maximum Gasteiger partial charge on any atom is 0.309 e. The maximum absolute atomic E-state index is 12.3. The number of ketones is 1. The monoisotopic (exact) mass is 306 g/mol. The molecule has 2 aromatic rings. The third kappa shape index (κ3) is 2.56. The number of benzene rings is 2. The van der Waals surface area contributed by atoms with Crippen LogP contribution in [0.1, 0.15) is 34.8 Å². The van der Waals surface area contributed by atoms with E-state index in [0.29, 0.717) is 11.5 Å². The summed E-state index contributed by atoms with van der Waals surface area (Å²) in [6.45, 7) is 1.86. The number of esters is 1. The zero-order chi connectivity index (χ0) is 16.0. The molecule has 3 nitrogen and oxygen atoms in total. The second-order valence-corrected chi connectivity index (χ2v) is 6.56. The number of carbonyl (C=O) groups excluding carboxylic acids is 2. The molecule has 1 fully saturated rings. The summed E-state index contributed by atoms with van der Waals surface area (Å²) in [4.78, 5) is 24.0. The van der Waals surface area contributed by atoms with E-state index in [2.05, 4.69) is 12.1 Å². The summed E-state index contributed by atoms with van der Waals surface area (Å²) in [5, 5.41) is 0. The molecular weight excluding hydrogens is 288 g/mol.